The number of primary amides is 1. The Morgan fingerprint density at radius 2 is 0.935 bits per heavy atom. The van der Waals surface area contributed by atoms with E-state index in [1.165, 1.54) is 24.3 Å². The number of likely N-dealkylation sites (tertiary alicyclic amines) is 1. The van der Waals surface area contributed by atoms with Crippen LogP contribution in [0.3, 0.4) is 0 Å². The number of aliphatic carboxylic acids is 2. The normalized spacial score (nSPS) is 15.1. The number of rotatable bonds is 44. The molecule has 4 aromatic rings. The number of benzene rings is 4. The van der Waals surface area contributed by atoms with Crippen LogP contribution in [0, 0.1) is 11.3 Å². The fourth-order valence-electron chi connectivity index (χ4n) is 11.5. The van der Waals surface area contributed by atoms with Gasteiger partial charge in [0.25, 0.3) is 0 Å². The zero-order valence-corrected chi connectivity index (χ0v) is 60.0. The van der Waals surface area contributed by atoms with E-state index in [9.17, 15) is 87.2 Å². The predicted octanol–water partition coefficient (Wildman–Crippen LogP) is -4.28. The number of carboxylic acids is 2. The van der Waals surface area contributed by atoms with Gasteiger partial charge < -0.3 is 106 Å². The first kappa shape index (κ1) is 86.6. The number of phenolic OH excluding ortho intramolecular Hbond substituents is 1. The van der Waals surface area contributed by atoms with Crippen molar-refractivity contribution < 1.29 is 92.3 Å². The molecule has 0 unspecified atom stereocenters. The highest BCUT2D eigenvalue weighted by atomic mass is 16.4. The first-order chi connectivity index (χ1) is 51.3. The Bertz CT molecular complexity index is 3780. The Balaban J connectivity index is 1.36. The van der Waals surface area contributed by atoms with Gasteiger partial charge in [0.05, 0.1) is 25.6 Å². The number of nitrogens with zero attached hydrogens (tertiary/aromatic N) is 1. The van der Waals surface area contributed by atoms with Crippen LogP contribution in [0.5, 0.6) is 5.75 Å². The lowest BCUT2D eigenvalue weighted by molar-refractivity contribution is -0.143. The second-order valence-corrected chi connectivity index (χ2v) is 26.2. The molecule has 13 amide bonds. The van der Waals surface area contributed by atoms with Crippen molar-refractivity contribution in [3.05, 3.63) is 138 Å². The van der Waals surface area contributed by atoms with Gasteiger partial charge in [-0.05, 0) is 85.8 Å². The van der Waals surface area contributed by atoms with Gasteiger partial charge in [0.15, 0.2) is 5.96 Å². The summed E-state index contributed by atoms with van der Waals surface area (Å²) in [4.78, 5) is 206. The van der Waals surface area contributed by atoms with E-state index in [-0.39, 0.29) is 82.1 Å². The number of carboxylic acid groups (broad SMARTS) is 2. The molecule has 36 heteroatoms. The summed E-state index contributed by atoms with van der Waals surface area (Å²) in [6.45, 7) is 2.49. The number of nitrogens with two attached hydrogens (primary N) is 3. The Labute approximate surface area is 622 Å². The van der Waals surface area contributed by atoms with Crippen molar-refractivity contribution in [3.8, 4) is 5.75 Å². The molecule has 23 N–H and O–H groups in total. The molecule has 1 heterocycles. The van der Waals surface area contributed by atoms with Crippen LogP contribution in [0.2, 0.25) is 0 Å². The standard InChI is InChI=1S/C72H97N17O19/c1-40(2)31-49(84-63(100)47(21-13-29-77-72(75)76)82-64(101)51(80-57(93)37-73)33-43-17-9-5-10-18-43)68(105)88-61(41(3)90)70(107)87-54(36-56(74)92)67(104)85-50(32-42-15-7-4-8-16-42)62(99)78-38-58(94)81-52(35-45-23-25-46(91)26-24-45)65(102)86-53(34-44-19-11-6-12-20-44)66(103)83-48(27-28-59(95)96)71(108)89-30-14-22-55(89)69(106)79-39-60(97)98/h4-12,15-20,23-26,40-41,47-55,61,90-91H,13-14,21-22,27-39,73H2,1-3H3,(H2,74,92)(H,78,99)(H,79,106)(H,80,93)(H,81,94)(H,82,101)(H,83,103)(H,84,100)(H,85,104)(H,86,102)(H,87,107)(H,88,105)(H,95,96)(H,97,98)(H4,75,76,77)/t41-,47+,48+,49+,50+,51+,52+,53+,54+,55+,61+/m1/s1. The molecule has 36 nitrogen and oxygen atoms in total. The fraction of sp³-hybridized carbons (Fsp3) is 0.444. The van der Waals surface area contributed by atoms with E-state index in [0.717, 1.165) is 11.8 Å². The average Bonchev–Trinajstić information content (AvgIpc) is 1.64. The van der Waals surface area contributed by atoms with E-state index in [2.05, 4.69) is 63.8 Å². The number of carbonyl (C=O) groups excluding carboxylic acids is 13. The fourth-order valence-corrected chi connectivity index (χ4v) is 11.5. The Kier molecular flexibility index (Phi) is 35.3. The van der Waals surface area contributed by atoms with Gasteiger partial charge in [-0.3, -0.25) is 77.3 Å². The molecule has 0 aliphatic carbocycles. The lowest BCUT2D eigenvalue weighted by Gasteiger charge is -2.30. The van der Waals surface area contributed by atoms with Crippen LogP contribution in [-0.4, -0.2) is 219 Å². The second kappa shape index (κ2) is 44.0. The van der Waals surface area contributed by atoms with E-state index in [1.807, 2.05) is 0 Å². The zero-order chi connectivity index (χ0) is 79.6. The minimum Gasteiger partial charge on any atom is -0.508 e. The summed E-state index contributed by atoms with van der Waals surface area (Å²) in [5.41, 5.74) is 18.6. The zero-order valence-electron chi connectivity index (χ0n) is 60.0. The minimum absolute atomic E-state index is 0.00397. The summed E-state index contributed by atoms with van der Waals surface area (Å²) in [6, 6.07) is 14.9. The van der Waals surface area contributed by atoms with Crippen molar-refractivity contribution >= 4 is 94.7 Å². The third-order valence-electron chi connectivity index (χ3n) is 17.0. The van der Waals surface area contributed by atoms with Crippen LogP contribution in [0.25, 0.3) is 0 Å². The number of guanidine groups is 1. The Morgan fingerprint density at radius 1 is 0.491 bits per heavy atom. The SMILES string of the molecule is CC(C)C[C@H](NC(=O)[C@H](CCCNC(=N)N)NC(=O)[C@H](Cc1ccccc1)NC(=O)CN)C(=O)N[C@H](C(=O)N[C@@H](CC(N)=O)C(=O)N[C@@H](Cc1ccccc1)C(=O)NCC(=O)N[C@@H](Cc1ccc(O)cc1)C(=O)N[C@@H](Cc1ccccc1)C(=O)N[C@@H](CCC(=O)O)C(=O)N1CCC[C@H]1C(=O)NCC(=O)O)[C@@H](C)O. The molecule has 5 rings (SSSR count). The number of aliphatic hydroxyl groups excluding tert-OH is 1. The molecular weight excluding hydrogens is 1410 g/mol. The van der Waals surface area contributed by atoms with Crippen molar-refractivity contribution in [3.63, 3.8) is 0 Å². The van der Waals surface area contributed by atoms with Gasteiger partial charge in [-0.1, -0.05) is 117 Å². The molecule has 0 aromatic heterocycles. The van der Waals surface area contributed by atoms with Gasteiger partial charge in [0.1, 0.15) is 72.7 Å². The molecule has 0 saturated carbocycles. The number of carbonyl (C=O) groups is 15. The number of aliphatic hydroxyl groups is 1. The highest BCUT2D eigenvalue weighted by molar-refractivity contribution is 6.00. The van der Waals surface area contributed by atoms with E-state index in [4.69, 9.17) is 27.7 Å². The molecule has 0 spiro atoms. The van der Waals surface area contributed by atoms with Gasteiger partial charge in [-0.15, -0.1) is 0 Å². The van der Waals surface area contributed by atoms with Gasteiger partial charge in [0.2, 0.25) is 76.8 Å². The summed E-state index contributed by atoms with van der Waals surface area (Å²) in [6.07, 6.45) is -4.30. The third-order valence-corrected chi connectivity index (χ3v) is 17.0. The predicted molar refractivity (Wildman–Crippen MR) is 388 cm³/mol. The molecule has 0 bridgehead atoms. The van der Waals surface area contributed by atoms with Crippen LogP contribution in [0.1, 0.15) is 94.4 Å². The molecule has 584 valence electrons. The van der Waals surface area contributed by atoms with E-state index >= 15 is 0 Å². The van der Waals surface area contributed by atoms with Crippen molar-refractivity contribution in [1.29, 1.82) is 5.41 Å². The molecule has 1 saturated heterocycles. The minimum atomic E-state index is -1.93. The van der Waals surface area contributed by atoms with Gasteiger partial charge in [-0.25, -0.2) is 0 Å². The van der Waals surface area contributed by atoms with Crippen LogP contribution < -0.4 is 81.0 Å². The van der Waals surface area contributed by atoms with Crippen molar-refractivity contribution in [1.82, 2.24) is 68.7 Å². The maximum absolute atomic E-state index is 14.7. The summed E-state index contributed by atoms with van der Waals surface area (Å²) in [7, 11) is 0. The third kappa shape index (κ3) is 30.2. The summed E-state index contributed by atoms with van der Waals surface area (Å²) < 4.78 is 0. The average molecular weight is 1500 g/mol. The van der Waals surface area contributed by atoms with Crippen molar-refractivity contribution in [2.24, 2.45) is 23.1 Å². The smallest absolute Gasteiger partial charge is 0.322 e. The van der Waals surface area contributed by atoms with Crippen molar-refractivity contribution in [2.45, 2.75) is 164 Å². The first-order valence-electron chi connectivity index (χ1n) is 35.0. The van der Waals surface area contributed by atoms with Crippen molar-refractivity contribution in [2.75, 3.05) is 32.7 Å². The van der Waals surface area contributed by atoms with Crippen LogP contribution in [0.4, 0.5) is 0 Å². The molecule has 1 fully saturated rings. The molecule has 4 aromatic carbocycles. The van der Waals surface area contributed by atoms with Gasteiger partial charge in [-0.2, -0.15) is 0 Å². The maximum atomic E-state index is 14.7. The Morgan fingerprint density at radius 3 is 1.42 bits per heavy atom. The largest absolute Gasteiger partial charge is 0.508 e. The molecule has 0 radical (unpaired) electrons. The van der Waals surface area contributed by atoms with Gasteiger partial charge >= 0.3 is 11.9 Å². The summed E-state index contributed by atoms with van der Waals surface area (Å²) in [5.74, 6) is -16.3. The molecule has 11 atom stereocenters. The quantitative estimate of drug-likeness (QED) is 0.0113. The molecule has 108 heavy (non-hydrogen) atoms. The summed E-state index contributed by atoms with van der Waals surface area (Å²) in [5, 5.41) is 77.5. The number of amides is 13. The van der Waals surface area contributed by atoms with Crippen LogP contribution in [-0.2, 0) is 97.6 Å². The molecule has 1 aliphatic rings. The highest BCUT2D eigenvalue weighted by Crippen LogP contribution is 2.21. The number of phenols is 1. The molecular formula is C72H97N17O19. The first-order valence-corrected chi connectivity index (χ1v) is 35.0. The van der Waals surface area contributed by atoms with Crippen LogP contribution in [0.15, 0.2) is 115 Å². The number of hydrogen-bond donors (Lipinski definition) is 20. The van der Waals surface area contributed by atoms with Crippen LogP contribution >= 0.6 is 0 Å². The Hall–Kier alpha value is -12.1. The second-order valence-electron chi connectivity index (χ2n) is 26.2. The lowest BCUT2D eigenvalue weighted by Crippen LogP contribution is -2.62. The number of nitrogens with one attached hydrogen (secondary N) is 13. The topological polar surface area (TPSA) is 586 Å². The summed E-state index contributed by atoms with van der Waals surface area (Å²) >= 11 is 0. The van der Waals surface area contributed by atoms with Gasteiger partial charge in [0, 0.05) is 45.2 Å². The van der Waals surface area contributed by atoms with E-state index in [0.29, 0.717) is 28.7 Å². The number of hydrogen-bond acceptors (Lipinski definition) is 19. The lowest BCUT2D eigenvalue weighted by atomic mass is 10.0. The van der Waals surface area contributed by atoms with E-state index < -0.39 is 194 Å². The number of aromatic hydroxyl groups is 1. The van der Waals surface area contributed by atoms with E-state index in [1.54, 1.807) is 105 Å². The monoisotopic (exact) mass is 1500 g/mol. The highest BCUT2D eigenvalue weighted by Gasteiger charge is 2.41. The molecule has 1 aliphatic heterocycles. The maximum Gasteiger partial charge on any atom is 0.322 e.